The molecule has 0 aromatic rings. The van der Waals surface area contributed by atoms with Crippen LogP contribution in [-0.2, 0) is 4.79 Å². The average Bonchev–Trinajstić information content (AvgIpc) is 3.01. The second-order valence-electron chi connectivity index (χ2n) is 5.75. The molecule has 1 unspecified atom stereocenters. The van der Waals surface area contributed by atoms with Crippen molar-refractivity contribution in [1.29, 1.82) is 0 Å². The van der Waals surface area contributed by atoms with E-state index in [4.69, 9.17) is 0 Å². The summed E-state index contributed by atoms with van der Waals surface area (Å²) in [4.78, 5) is 14.3. The van der Waals surface area contributed by atoms with Crippen molar-refractivity contribution in [3.05, 3.63) is 0 Å². The molecule has 1 atom stereocenters. The van der Waals surface area contributed by atoms with Gasteiger partial charge in [0.15, 0.2) is 0 Å². The van der Waals surface area contributed by atoms with Crippen LogP contribution in [0.5, 0.6) is 0 Å². The highest BCUT2D eigenvalue weighted by Gasteiger charge is 2.47. The lowest BCUT2D eigenvalue weighted by Crippen LogP contribution is -2.47. The molecule has 16 heavy (non-hydrogen) atoms. The molecule has 1 saturated heterocycles. The molecule has 92 valence electrons. The van der Waals surface area contributed by atoms with Crippen LogP contribution in [-0.4, -0.2) is 29.1 Å². The Bertz CT molecular complexity index is 271. The first-order valence-corrected chi connectivity index (χ1v) is 6.62. The summed E-state index contributed by atoms with van der Waals surface area (Å²) in [5, 5.41) is 3.36. The number of nitrogens with one attached hydrogen (secondary N) is 1. The largest absolute Gasteiger partial charge is 0.323 e. The molecule has 1 saturated carbocycles. The first-order chi connectivity index (χ1) is 7.57. The Labute approximate surface area is 98.6 Å². The zero-order valence-electron chi connectivity index (χ0n) is 10.8. The van der Waals surface area contributed by atoms with Gasteiger partial charge in [-0.25, -0.2) is 0 Å². The van der Waals surface area contributed by atoms with E-state index in [1.165, 1.54) is 12.8 Å². The van der Waals surface area contributed by atoms with Gasteiger partial charge in [-0.2, -0.15) is 0 Å². The number of rotatable bonds is 5. The second-order valence-corrected chi connectivity index (χ2v) is 5.75. The van der Waals surface area contributed by atoms with Gasteiger partial charge in [-0.3, -0.25) is 10.1 Å². The van der Waals surface area contributed by atoms with Crippen molar-refractivity contribution in [2.24, 2.45) is 5.92 Å². The van der Waals surface area contributed by atoms with Gasteiger partial charge in [-0.05, 0) is 39.0 Å². The Balaban J connectivity index is 1.95. The number of nitrogens with zero attached hydrogens (tertiary/aromatic N) is 1. The smallest absolute Gasteiger partial charge is 0.241 e. The third kappa shape index (κ3) is 2.10. The summed E-state index contributed by atoms with van der Waals surface area (Å²) in [6, 6.07) is 0.0815. The maximum Gasteiger partial charge on any atom is 0.241 e. The Morgan fingerprint density at radius 2 is 2.12 bits per heavy atom. The van der Waals surface area contributed by atoms with Crippen LogP contribution in [0.25, 0.3) is 0 Å². The minimum Gasteiger partial charge on any atom is -0.323 e. The van der Waals surface area contributed by atoms with Gasteiger partial charge in [0.05, 0.1) is 12.7 Å². The molecule has 0 bridgehead atoms. The summed E-state index contributed by atoms with van der Waals surface area (Å²) in [6.07, 6.45) is 5.87. The van der Waals surface area contributed by atoms with Crippen LogP contribution in [0.4, 0.5) is 0 Å². The summed E-state index contributed by atoms with van der Waals surface area (Å²) in [5.41, 5.74) is 0.0606. The zero-order valence-corrected chi connectivity index (χ0v) is 10.8. The number of carbonyl (C=O) groups excluding carboxylic acids is 1. The summed E-state index contributed by atoms with van der Waals surface area (Å²) < 4.78 is 0. The van der Waals surface area contributed by atoms with Gasteiger partial charge in [-0.15, -0.1) is 0 Å². The standard InChI is InChI=1S/C13H24N2O/c1-4-5-6-11-12(16)15(9-14-11)13(2,3)10-7-8-10/h10-11,14H,4-9H2,1-3H3. The van der Waals surface area contributed by atoms with E-state index < -0.39 is 0 Å². The van der Waals surface area contributed by atoms with E-state index in [-0.39, 0.29) is 11.6 Å². The van der Waals surface area contributed by atoms with E-state index in [2.05, 4.69) is 31.0 Å². The highest BCUT2D eigenvalue weighted by atomic mass is 16.2. The number of amides is 1. The molecule has 0 aromatic heterocycles. The molecule has 0 aromatic carbocycles. The SMILES string of the molecule is CCCCC1NCN(C(C)(C)C2CC2)C1=O. The number of unbranched alkanes of at least 4 members (excludes halogenated alkanes) is 1. The third-order valence-corrected chi connectivity index (χ3v) is 4.18. The van der Waals surface area contributed by atoms with E-state index in [0.29, 0.717) is 5.91 Å². The van der Waals surface area contributed by atoms with Gasteiger partial charge < -0.3 is 4.90 Å². The lowest BCUT2D eigenvalue weighted by Gasteiger charge is -2.35. The minimum atomic E-state index is 0.0606. The predicted octanol–water partition coefficient (Wildman–Crippen LogP) is 2.12. The molecule has 0 spiro atoms. The molecule has 3 heteroatoms. The van der Waals surface area contributed by atoms with Gasteiger partial charge in [0.2, 0.25) is 5.91 Å². The van der Waals surface area contributed by atoms with Crippen molar-refractivity contribution in [3.63, 3.8) is 0 Å². The van der Waals surface area contributed by atoms with Crippen LogP contribution in [0.3, 0.4) is 0 Å². The topological polar surface area (TPSA) is 32.3 Å². The Hall–Kier alpha value is -0.570. The molecule has 0 radical (unpaired) electrons. The van der Waals surface area contributed by atoms with Crippen molar-refractivity contribution in [2.75, 3.05) is 6.67 Å². The molecule has 1 heterocycles. The average molecular weight is 224 g/mol. The third-order valence-electron chi connectivity index (χ3n) is 4.18. The van der Waals surface area contributed by atoms with Crippen LogP contribution >= 0.6 is 0 Å². The van der Waals surface area contributed by atoms with Gasteiger partial charge >= 0.3 is 0 Å². The first-order valence-electron chi connectivity index (χ1n) is 6.62. The molecule has 1 N–H and O–H groups in total. The van der Waals surface area contributed by atoms with Crippen LogP contribution in [0, 0.1) is 5.92 Å². The summed E-state index contributed by atoms with van der Waals surface area (Å²) >= 11 is 0. The maximum atomic E-state index is 12.3. The molecule has 2 fully saturated rings. The number of carbonyl (C=O) groups is 1. The fourth-order valence-electron chi connectivity index (χ4n) is 2.69. The van der Waals surface area contributed by atoms with Crippen molar-refractivity contribution in [2.45, 2.75) is 64.5 Å². The summed E-state index contributed by atoms with van der Waals surface area (Å²) in [7, 11) is 0. The fourth-order valence-corrected chi connectivity index (χ4v) is 2.69. The monoisotopic (exact) mass is 224 g/mol. The zero-order chi connectivity index (χ0) is 11.8. The van der Waals surface area contributed by atoms with Crippen molar-refractivity contribution >= 4 is 5.91 Å². The molecule has 1 aliphatic carbocycles. The molecular formula is C13H24N2O. The maximum absolute atomic E-state index is 12.3. The van der Waals surface area contributed by atoms with E-state index in [1.54, 1.807) is 0 Å². The minimum absolute atomic E-state index is 0.0606. The number of hydrogen-bond acceptors (Lipinski definition) is 2. The van der Waals surface area contributed by atoms with E-state index in [9.17, 15) is 4.79 Å². The van der Waals surface area contributed by atoms with Crippen LogP contribution in [0.15, 0.2) is 0 Å². The van der Waals surface area contributed by atoms with Crippen molar-refractivity contribution in [1.82, 2.24) is 10.2 Å². The highest BCUT2D eigenvalue weighted by molar-refractivity contribution is 5.84. The lowest BCUT2D eigenvalue weighted by atomic mass is 9.96. The Morgan fingerprint density at radius 1 is 1.44 bits per heavy atom. The lowest BCUT2D eigenvalue weighted by molar-refractivity contribution is -0.134. The fraction of sp³-hybridized carbons (Fsp3) is 0.923. The number of hydrogen-bond donors (Lipinski definition) is 1. The Kier molecular flexibility index (Phi) is 3.24. The molecule has 2 rings (SSSR count). The second kappa shape index (κ2) is 4.36. The van der Waals surface area contributed by atoms with E-state index >= 15 is 0 Å². The van der Waals surface area contributed by atoms with Crippen LogP contribution < -0.4 is 5.32 Å². The molecule has 2 aliphatic rings. The molecule has 3 nitrogen and oxygen atoms in total. The van der Waals surface area contributed by atoms with Gasteiger partial charge in [0, 0.05) is 5.54 Å². The van der Waals surface area contributed by atoms with Crippen molar-refractivity contribution in [3.8, 4) is 0 Å². The highest BCUT2D eigenvalue weighted by Crippen LogP contribution is 2.43. The Morgan fingerprint density at radius 3 is 2.69 bits per heavy atom. The van der Waals surface area contributed by atoms with Gasteiger partial charge in [-0.1, -0.05) is 19.8 Å². The summed E-state index contributed by atoms with van der Waals surface area (Å²) in [6.45, 7) is 7.35. The predicted molar refractivity (Wildman–Crippen MR) is 65.0 cm³/mol. The van der Waals surface area contributed by atoms with Crippen molar-refractivity contribution < 1.29 is 4.79 Å². The van der Waals surface area contributed by atoms with E-state index in [0.717, 1.165) is 31.8 Å². The van der Waals surface area contributed by atoms with E-state index in [1.807, 2.05) is 0 Å². The van der Waals surface area contributed by atoms with Gasteiger partial charge in [0.25, 0.3) is 0 Å². The normalized spacial score (nSPS) is 26.6. The van der Waals surface area contributed by atoms with Crippen LogP contribution in [0.1, 0.15) is 52.9 Å². The quantitative estimate of drug-likeness (QED) is 0.776. The van der Waals surface area contributed by atoms with Gasteiger partial charge in [0.1, 0.15) is 0 Å². The first kappa shape index (κ1) is 11.9. The summed E-state index contributed by atoms with van der Waals surface area (Å²) in [5.74, 6) is 1.05. The van der Waals surface area contributed by atoms with Crippen LogP contribution in [0.2, 0.25) is 0 Å². The molecule has 1 aliphatic heterocycles. The molecule has 1 amide bonds. The molecular weight excluding hydrogens is 200 g/mol.